The molecule has 1 heterocycles. The topological polar surface area (TPSA) is 68.8 Å². The number of anilines is 2. The van der Waals surface area contributed by atoms with Gasteiger partial charge in [-0.2, -0.15) is 9.67 Å². The Morgan fingerprint density at radius 3 is 2.69 bits per heavy atom. The van der Waals surface area contributed by atoms with Crippen molar-refractivity contribution in [3.8, 4) is 5.69 Å². The lowest BCUT2D eigenvalue weighted by Crippen LogP contribution is -2.04. The third-order valence-corrected chi connectivity index (χ3v) is 2.54. The van der Waals surface area contributed by atoms with Crippen LogP contribution < -0.4 is 11.1 Å². The molecule has 1 aromatic heterocycles. The standard InChI is InChI=1S/C11H13N5/c12-10-14-11(13-8-6-7-8)15-16(10)9-4-2-1-3-5-9/h1-5,8H,6-7H2,(H3,12,13,14,15). The molecule has 0 unspecified atom stereocenters. The van der Waals surface area contributed by atoms with Gasteiger partial charge in [0, 0.05) is 6.04 Å². The van der Waals surface area contributed by atoms with Crippen molar-refractivity contribution in [2.45, 2.75) is 18.9 Å². The second-order valence-electron chi connectivity index (χ2n) is 3.96. The summed E-state index contributed by atoms with van der Waals surface area (Å²) in [6.07, 6.45) is 2.39. The van der Waals surface area contributed by atoms with Gasteiger partial charge >= 0.3 is 0 Å². The lowest BCUT2D eigenvalue weighted by atomic mass is 10.3. The van der Waals surface area contributed by atoms with Crippen LogP contribution in [0.25, 0.3) is 5.69 Å². The molecule has 0 radical (unpaired) electrons. The fourth-order valence-electron chi connectivity index (χ4n) is 1.55. The van der Waals surface area contributed by atoms with Crippen molar-refractivity contribution in [3.63, 3.8) is 0 Å². The van der Waals surface area contributed by atoms with Crippen molar-refractivity contribution in [1.29, 1.82) is 0 Å². The minimum absolute atomic E-state index is 0.411. The molecule has 16 heavy (non-hydrogen) atoms. The van der Waals surface area contributed by atoms with Crippen molar-refractivity contribution in [2.24, 2.45) is 0 Å². The highest BCUT2D eigenvalue weighted by Crippen LogP contribution is 2.23. The largest absolute Gasteiger partial charge is 0.368 e. The molecule has 1 aliphatic rings. The Bertz CT molecular complexity index is 486. The van der Waals surface area contributed by atoms with E-state index in [9.17, 15) is 0 Å². The lowest BCUT2D eigenvalue weighted by Gasteiger charge is -2.00. The minimum atomic E-state index is 0.411. The monoisotopic (exact) mass is 215 g/mol. The fourth-order valence-corrected chi connectivity index (χ4v) is 1.55. The van der Waals surface area contributed by atoms with Crippen LogP contribution in [0.3, 0.4) is 0 Å². The van der Waals surface area contributed by atoms with Crippen molar-refractivity contribution in [1.82, 2.24) is 14.8 Å². The molecule has 0 atom stereocenters. The summed E-state index contributed by atoms with van der Waals surface area (Å²) in [5.74, 6) is 1.03. The van der Waals surface area contributed by atoms with Gasteiger partial charge in [-0.25, -0.2) is 0 Å². The van der Waals surface area contributed by atoms with Crippen LogP contribution >= 0.6 is 0 Å². The molecule has 1 fully saturated rings. The maximum atomic E-state index is 5.82. The molecule has 1 aromatic carbocycles. The van der Waals surface area contributed by atoms with Crippen LogP contribution in [0.15, 0.2) is 30.3 Å². The molecule has 0 spiro atoms. The quantitative estimate of drug-likeness (QED) is 0.812. The smallest absolute Gasteiger partial charge is 0.244 e. The van der Waals surface area contributed by atoms with Crippen LogP contribution in [-0.4, -0.2) is 20.8 Å². The summed E-state index contributed by atoms with van der Waals surface area (Å²) in [5, 5.41) is 7.55. The Labute approximate surface area is 93.3 Å². The number of hydrogen-bond donors (Lipinski definition) is 2. The van der Waals surface area contributed by atoms with Gasteiger partial charge in [-0.05, 0) is 25.0 Å². The van der Waals surface area contributed by atoms with Gasteiger partial charge in [0.2, 0.25) is 11.9 Å². The van der Waals surface area contributed by atoms with Crippen LogP contribution in [0.5, 0.6) is 0 Å². The Morgan fingerprint density at radius 2 is 2.00 bits per heavy atom. The van der Waals surface area contributed by atoms with Crippen LogP contribution in [0, 0.1) is 0 Å². The lowest BCUT2D eigenvalue weighted by molar-refractivity contribution is 0.887. The maximum absolute atomic E-state index is 5.82. The van der Waals surface area contributed by atoms with Crippen molar-refractivity contribution >= 4 is 11.9 Å². The van der Waals surface area contributed by atoms with E-state index in [0.29, 0.717) is 17.9 Å². The van der Waals surface area contributed by atoms with E-state index in [1.54, 1.807) is 4.68 Å². The Kier molecular flexibility index (Phi) is 2.02. The molecule has 5 heteroatoms. The number of aromatic nitrogens is 3. The number of nitrogen functional groups attached to an aromatic ring is 1. The normalized spacial score (nSPS) is 15.0. The van der Waals surface area contributed by atoms with E-state index in [2.05, 4.69) is 15.4 Å². The average Bonchev–Trinajstić information content (AvgIpc) is 3.03. The zero-order valence-corrected chi connectivity index (χ0v) is 8.80. The first-order valence-corrected chi connectivity index (χ1v) is 5.37. The Balaban J connectivity index is 1.91. The highest BCUT2D eigenvalue weighted by molar-refractivity contribution is 5.42. The third kappa shape index (κ3) is 1.71. The van der Waals surface area contributed by atoms with Gasteiger partial charge in [0.1, 0.15) is 0 Å². The predicted molar refractivity (Wildman–Crippen MR) is 62.4 cm³/mol. The number of benzene rings is 1. The average molecular weight is 215 g/mol. The third-order valence-electron chi connectivity index (χ3n) is 2.54. The van der Waals surface area contributed by atoms with Gasteiger partial charge in [0.25, 0.3) is 0 Å². The molecule has 82 valence electrons. The van der Waals surface area contributed by atoms with E-state index in [4.69, 9.17) is 5.73 Å². The van der Waals surface area contributed by atoms with Gasteiger partial charge in [0.15, 0.2) is 0 Å². The van der Waals surface area contributed by atoms with Gasteiger partial charge in [-0.3, -0.25) is 0 Å². The van der Waals surface area contributed by atoms with Crippen LogP contribution in [-0.2, 0) is 0 Å². The van der Waals surface area contributed by atoms with Gasteiger partial charge < -0.3 is 11.1 Å². The van der Waals surface area contributed by atoms with Gasteiger partial charge in [-0.15, -0.1) is 5.10 Å². The van der Waals surface area contributed by atoms with E-state index >= 15 is 0 Å². The van der Waals surface area contributed by atoms with E-state index in [1.165, 1.54) is 12.8 Å². The SMILES string of the molecule is Nc1nc(NC2CC2)nn1-c1ccccc1. The van der Waals surface area contributed by atoms with E-state index in [0.717, 1.165) is 5.69 Å². The van der Waals surface area contributed by atoms with Crippen molar-refractivity contribution in [3.05, 3.63) is 30.3 Å². The molecule has 1 aliphatic carbocycles. The second-order valence-corrected chi connectivity index (χ2v) is 3.96. The minimum Gasteiger partial charge on any atom is -0.368 e. The summed E-state index contributed by atoms with van der Waals surface area (Å²) < 4.78 is 1.64. The zero-order chi connectivity index (χ0) is 11.0. The second kappa shape index (κ2) is 3.52. The molecular formula is C11H13N5. The van der Waals surface area contributed by atoms with Crippen molar-refractivity contribution in [2.75, 3.05) is 11.1 Å². The van der Waals surface area contributed by atoms with Crippen LogP contribution in [0.1, 0.15) is 12.8 Å². The number of para-hydroxylation sites is 1. The first-order chi connectivity index (χ1) is 7.83. The summed E-state index contributed by atoms with van der Waals surface area (Å²) >= 11 is 0. The molecular weight excluding hydrogens is 202 g/mol. The number of nitrogens with zero attached hydrogens (tertiary/aromatic N) is 3. The van der Waals surface area contributed by atoms with Gasteiger partial charge in [0.05, 0.1) is 5.69 Å². The van der Waals surface area contributed by atoms with E-state index < -0.39 is 0 Å². The molecule has 5 nitrogen and oxygen atoms in total. The van der Waals surface area contributed by atoms with E-state index in [1.807, 2.05) is 30.3 Å². The first kappa shape index (κ1) is 9.21. The number of nitrogens with one attached hydrogen (secondary N) is 1. The summed E-state index contributed by atoms with van der Waals surface area (Å²) in [7, 11) is 0. The highest BCUT2D eigenvalue weighted by atomic mass is 15.4. The summed E-state index contributed by atoms with van der Waals surface area (Å²) in [6.45, 7) is 0. The van der Waals surface area contributed by atoms with E-state index in [-0.39, 0.29) is 0 Å². The maximum Gasteiger partial charge on any atom is 0.244 e. The Morgan fingerprint density at radius 1 is 1.25 bits per heavy atom. The van der Waals surface area contributed by atoms with Crippen molar-refractivity contribution < 1.29 is 0 Å². The Hall–Kier alpha value is -2.04. The summed E-state index contributed by atoms with van der Waals surface area (Å²) in [5.41, 5.74) is 6.75. The molecule has 3 N–H and O–H groups in total. The molecule has 2 aromatic rings. The number of rotatable bonds is 3. The molecule has 0 amide bonds. The number of hydrogen-bond acceptors (Lipinski definition) is 4. The highest BCUT2D eigenvalue weighted by Gasteiger charge is 2.23. The predicted octanol–water partition coefficient (Wildman–Crippen LogP) is 1.42. The first-order valence-electron chi connectivity index (χ1n) is 5.37. The summed E-state index contributed by atoms with van der Waals surface area (Å²) in [6, 6.07) is 10.3. The molecule has 3 rings (SSSR count). The zero-order valence-electron chi connectivity index (χ0n) is 8.80. The fraction of sp³-hybridized carbons (Fsp3) is 0.273. The number of nitrogens with two attached hydrogens (primary N) is 1. The molecule has 0 saturated heterocycles. The molecule has 0 bridgehead atoms. The summed E-state index contributed by atoms with van der Waals surface area (Å²) in [4.78, 5) is 4.19. The molecule has 1 saturated carbocycles. The van der Waals surface area contributed by atoms with Crippen LogP contribution in [0.2, 0.25) is 0 Å². The van der Waals surface area contributed by atoms with Crippen LogP contribution in [0.4, 0.5) is 11.9 Å². The van der Waals surface area contributed by atoms with Gasteiger partial charge in [-0.1, -0.05) is 18.2 Å². The molecule has 0 aliphatic heterocycles.